The van der Waals surface area contributed by atoms with Gasteiger partial charge in [0, 0.05) is 36.8 Å². The highest BCUT2D eigenvalue weighted by molar-refractivity contribution is 5.94. The molecule has 2 fully saturated rings. The molecule has 0 saturated carbocycles. The Bertz CT molecular complexity index is 689. The predicted octanol–water partition coefficient (Wildman–Crippen LogP) is 1.85. The Balaban J connectivity index is 1.68. The molecule has 6 heteroatoms. The molecule has 3 rings (SSSR count). The number of aromatic amines is 1. The second kappa shape index (κ2) is 6.92. The van der Waals surface area contributed by atoms with E-state index in [9.17, 15) is 14.7 Å². The predicted molar refractivity (Wildman–Crippen MR) is 94.6 cm³/mol. The fraction of sp³-hybridized carbons (Fsp3) is 0.684. The molecule has 2 saturated heterocycles. The summed E-state index contributed by atoms with van der Waals surface area (Å²) in [5, 5.41) is 10.3. The average molecular weight is 348 g/mol. The summed E-state index contributed by atoms with van der Waals surface area (Å²) in [5.74, 6) is 0.256. The Morgan fingerprint density at radius 1 is 1.36 bits per heavy atom. The zero-order valence-electron chi connectivity index (χ0n) is 15.2. The van der Waals surface area contributed by atoms with Crippen LogP contribution >= 0.6 is 0 Å². The Morgan fingerprint density at radius 2 is 2.04 bits per heavy atom. The Morgan fingerprint density at radius 3 is 2.64 bits per heavy atom. The van der Waals surface area contributed by atoms with Crippen LogP contribution in [0.25, 0.3) is 0 Å². The van der Waals surface area contributed by atoms with Crippen molar-refractivity contribution in [2.45, 2.75) is 64.3 Å². The number of likely N-dealkylation sites (tertiary alicyclic amines) is 1. The number of hydrogen-bond donors (Lipinski definition) is 2. The molecule has 0 unspecified atom stereocenters. The van der Waals surface area contributed by atoms with E-state index >= 15 is 0 Å². The molecule has 0 aliphatic carbocycles. The molecule has 6 nitrogen and oxygen atoms in total. The molecule has 2 atom stereocenters. The van der Waals surface area contributed by atoms with E-state index in [1.54, 1.807) is 17.9 Å². The van der Waals surface area contributed by atoms with Crippen molar-refractivity contribution in [3.63, 3.8) is 0 Å². The first-order valence-electron chi connectivity index (χ1n) is 9.14. The van der Waals surface area contributed by atoms with E-state index in [1.807, 2.05) is 0 Å². The molecule has 1 aromatic rings. The van der Waals surface area contributed by atoms with Gasteiger partial charge in [0.2, 0.25) is 5.56 Å². The monoisotopic (exact) mass is 348 g/mol. The number of piperidine rings is 1. The summed E-state index contributed by atoms with van der Waals surface area (Å²) >= 11 is 0. The minimum atomic E-state index is -0.335. The molecular weight excluding hydrogens is 320 g/mol. The average Bonchev–Trinajstić information content (AvgIpc) is 2.53. The van der Waals surface area contributed by atoms with Crippen LogP contribution in [-0.2, 0) is 4.74 Å². The van der Waals surface area contributed by atoms with Gasteiger partial charge in [0.1, 0.15) is 0 Å². The molecule has 0 radical (unpaired) electrons. The van der Waals surface area contributed by atoms with E-state index in [1.165, 1.54) is 6.07 Å². The molecule has 1 aromatic heterocycles. The van der Waals surface area contributed by atoms with Crippen LogP contribution in [0.1, 0.15) is 55.6 Å². The molecule has 0 bridgehead atoms. The number of aryl methyl sites for hydroxylation is 1. The van der Waals surface area contributed by atoms with Crippen molar-refractivity contribution in [3.05, 3.63) is 33.7 Å². The highest BCUT2D eigenvalue weighted by Crippen LogP contribution is 2.39. The van der Waals surface area contributed by atoms with Crippen molar-refractivity contribution in [2.24, 2.45) is 5.92 Å². The fourth-order valence-electron chi connectivity index (χ4n) is 4.03. The first kappa shape index (κ1) is 18.1. The van der Waals surface area contributed by atoms with Crippen LogP contribution in [0, 0.1) is 12.8 Å². The number of hydrogen-bond acceptors (Lipinski definition) is 4. The van der Waals surface area contributed by atoms with Gasteiger partial charge in [-0.15, -0.1) is 0 Å². The zero-order chi connectivity index (χ0) is 18.2. The maximum atomic E-state index is 12.7. The number of aliphatic hydroxyl groups is 1. The summed E-state index contributed by atoms with van der Waals surface area (Å²) in [6.07, 6.45) is 2.51. The number of aliphatic hydroxyl groups excluding tert-OH is 1. The number of nitrogens with zero attached hydrogens (tertiary/aromatic N) is 1. The zero-order valence-corrected chi connectivity index (χ0v) is 15.2. The largest absolute Gasteiger partial charge is 0.393 e. The first-order valence-corrected chi connectivity index (χ1v) is 9.14. The van der Waals surface area contributed by atoms with Crippen molar-refractivity contribution >= 4 is 5.91 Å². The van der Waals surface area contributed by atoms with Crippen molar-refractivity contribution in [1.82, 2.24) is 9.88 Å². The number of nitrogens with one attached hydrogen (secondary N) is 1. The van der Waals surface area contributed by atoms with Crippen LogP contribution in [0.5, 0.6) is 0 Å². The lowest BCUT2D eigenvalue weighted by atomic mass is 9.80. The lowest BCUT2D eigenvalue weighted by molar-refractivity contribution is -0.190. The third-order valence-electron chi connectivity index (χ3n) is 5.44. The maximum Gasteiger partial charge on any atom is 0.254 e. The van der Waals surface area contributed by atoms with Crippen LogP contribution < -0.4 is 5.56 Å². The second-order valence-electron chi connectivity index (χ2n) is 7.89. The number of ether oxygens (including phenoxy) is 1. The Labute approximate surface area is 148 Å². The van der Waals surface area contributed by atoms with Crippen molar-refractivity contribution < 1.29 is 14.6 Å². The summed E-state index contributed by atoms with van der Waals surface area (Å²) in [6, 6.07) is 3.07. The van der Waals surface area contributed by atoms with Gasteiger partial charge in [-0.2, -0.15) is 0 Å². The lowest BCUT2D eigenvalue weighted by Gasteiger charge is -2.48. The fourth-order valence-corrected chi connectivity index (χ4v) is 4.03. The van der Waals surface area contributed by atoms with E-state index in [0.717, 1.165) is 12.8 Å². The molecule has 2 N–H and O–H groups in total. The number of amides is 1. The van der Waals surface area contributed by atoms with Crippen molar-refractivity contribution in [3.8, 4) is 0 Å². The normalized spacial score (nSPS) is 26.2. The number of aromatic nitrogens is 1. The number of carbonyl (C=O) groups is 1. The number of carbonyl (C=O) groups excluding carboxylic acids is 1. The third kappa shape index (κ3) is 3.96. The van der Waals surface area contributed by atoms with Gasteiger partial charge in [0.25, 0.3) is 5.91 Å². The molecule has 138 valence electrons. The third-order valence-corrected chi connectivity index (χ3v) is 5.44. The Hall–Kier alpha value is -1.66. The molecule has 2 aliphatic rings. The van der Waals surface area contributed by atoms with Crippen LogP contribution in [0.15, 0.2) is 16.9 Å². The number of rotatable bonds is 2. The second-order valence-corrected chi connectivity index (χ2v) is 7.89. The SMILES string of the molecule is Cc1cc(C(=O)N2CCC3(CC2)C[C@H](O)C[C@H](C(C)C)O3)cc(=O)[nH]1. The highest BCUT2D eigenvalue weighted by Gasteiger charge is 2.44. The van der Waals surface area contributed by atoms with Gasteiger partial charge >= 0.3 is 0 Å². The topological polar surface area (TPSA) is 82.6 Å². The summed E-state index contributed by atoms with van der Waals surface area (Å²) in [4.78, 5) is 28.7. The van der Waals surface area contributed by atoms with Crippen LogP contribution in [0.4, 0.5) is 0 Å². The van der Waals surface area contributed by atoms with E-state index in [4.69, 9.17) is 4.74 Å². The van der Waals surface area contributed by atoms with Gasteiger partial charge in [-0.05, 0) is 38.2 Å². The molecular formula is C19H28N2O4. The maximum absolute atomic E-state index is 12.7. The van der Waals surface area contributed by atoms with Crippen LogP contribution in [0.2, 0.25) is 0 Å². The van der Waals surface area contributed by atoms with Gasteiger partial charge in [-0.1, -0.05) is 13.8 Å². The quantitative estimate of drug-likeness (QED) is 0.854. The number of H-pyrrole nitrogens is 1. The molecule has 0 aromatic carbocycles. The number of pyridine rings is 1. The summed E-state index contributed by atoms with van der Waals surface area (Å²) in [7, 11) is 0. The van der Waals surface area contributed by atoms with E-state index in [2.05, 4.69) is 18.8 Å². The van der Waals surface area contributed by atoms with Gasteiger partial charge in [-0.3, -0.25) is 9.59 Å². The van der Waals surface area contributed by atoms with Crippen LogP contribution in [-0.4, -0.2) is 51.8 Å². The van der Waals surface area contributed by atoms with E-state index in [0.29, 0.717) is 43.1 Å². The molecule has 2 aliphatic heterocycles. The first-order chi connectivity index (χ1) is 11.8. The van der Waals surface area contributed by atoms with Crippen LogP contribution in [0.3, 0.4) is 0 Å². The molecule has 3 heterocycles. The Kier molecular flexibility index (Phi) is 5.02. The van der Waals surface area contributed by atoms with Gasteiger partial charge in [0.15, 0.2) is 0 Å². The summed E-state index contributed by atoms with van der Waals surface area (Å²) in [6.45, 7) is 7.17. The standard InChI is InChI=1S/C19H28N2O4/c1-12(2)16-10-15(22)11-19(25-16)4-6-21(7-5-19)18(24)14-8-13(3)20-17(23)9-14/h8-9,12,15-16,22H,4-7,10-11H2,1-3H3,(H,20,23)/t15-,16-/m1/s1. The van der Waals surface area contributed by atoms with Gasteiger partial charge < -0.3 is 19.7 Å². The van der Waals surface area contributed by atoms with E-state index < -0.39 is 0 Å². The van der Waals surface area contributed by atoms with Crippen molar-refractivity contribution in [1.29, 1.82) is 0 Å². The van der Waals surface area contributed by atoms with Gasteiger partial charge in [-0.25, -0.2) is 0 Å². The molecule has 1 amide bonds. The minimum absolute atomic E-state index is 0.0707. The molecule has 1 spiro atoms. The smallest absolute Gasteiger partial charge is 0.254 e. The highest BCUT2D eigenvalue weighted by atomic mass is 16.5. The molecule has 25 heavy (non-hydrogen) atoms. The van der Waals surface area contributed by atoms with E-state index in [-0.39, 0.29) is 29.3 Å². The summed E-state index contributed by atoms with van der Waals surface area (Å²) in [5.41, 5.74) is 0.535. The van der Waals surface area contributed by atoms with Gasteiger partial charge in [0.05, 0.1) is 17.8 Å². The summed E-state index contributed by atoms with van der Waals surface area (Å²) < 4.78 is 6.37. The lowest BCUT2D eigenvalue weighted by Crippen LogP contribution is -2.54. The minimum Gasteiger partial charge on any atom is -0.393 e. The van der Waals surface area contributed by atoms with Crippen molar-refractivity contribution in [2.75, 3.05) is 13.1 Å².